The van der Waals surface area contributed by atoms with Crippen molar-refractivity contribution in [3.05, 3.63) is 63.9 Å². The third-order valence-electron chi connectivity index (χ3n) is 4.21. The highest BCUT2D eigenvalue weighted by molar-refractivity contribution is 7.99. The van der Waals surface area contributed by atoms with Gasteiger partial charge >= 0.3 is 5.97 Å². The Hall–Kier alpha value is -3.13. The van der Waals surface area contributed by atoms with Gasteiger partial charge in [-0.25, -0.2) is 9.78 Å². The molecule has 2 aromatic carbocycles. The first-order valence-electron chi connectivity index (χ1n) is 8.48. The minimum Gasteiger partial charge on any atom is -0.465 e. The standard InChI is InChI=1S/C20H19N3O4S/c1-12-8-9-13(19(26)27-3)10-16(12)21-17(24)11-28-20-22-15-7-5-4-6-14(15)18(25)23(20)2/h4-10H,11H2,1-3H3,(H,21,24). The first kappa shape index (κ1) is 19.6. The fourth-order valence-electron chi connectivity index (χ4n) is 2.64. The van der Waals surface area contributed by atoms with Crippen LogP contribution in [0.1, 0.15) is 15.9 Å². The van der Waals surface area contributed by atoms with Gasteiger partial charge < -0.3 is 10.1 Å². The van der Waals surface area contributed by atoms with E-state index in [0.29, 0.717) is 27.3 Å². The monoisotopic (exact) mass is 397 g/mol. The van der Waals surface area contributed by atoms with Crippen LogP contribution in [0.4, 0.5) is 5.69 Å². The second-order valence-electron chi connectivity index (χ2n) is 6.13. The van der Waals surface area contributed by atoms with Crippen LogP contribution in [0, 0.1) is 6.92 Å². The number of fused-ring (bicyclic) bond motifs is 1. The number of aromatic nitrogens is 2. The normalized spacial score (nSPS) is 10.7. The Labute approximate surface area is 165 Å². The highest BCUT2D eigenvalue weighted by Crippen LogP contribution is 2.20. The number of benzene rings is 2. The van der Waals surface area contributed by atoms with Gasteiger partial charge in [0, 0.05) is 12.7 Å². The van der Waals surface area contributed by atoms with Crippen LogP contribution in [0.25, 0.3) is 10.9 Å². The summed E-state index contributed by atoms with van der Waals surface area (Å²) >= 11 is 1.17. The molecule has 1 aromatic heterocycles. The van der Waals surface area contributed by atoms with E-state index in [9.17, 15) is 14.4 Å². The molecule has 0 unspecified atom stereocenters. The quantitative estimate of drug-likeness (QED) is 0.404. The van der Waals surface area contributed by atoms with E-state index >= 15 is 0 Å². The zero-order valence-corrected chi connectivity index (χ0v) is 16.5. The average molecular weight is 397 g/mol. The highest BCUT2D eigenvalue weighted by atomic mass is 32.2. The number of hydrogen-bond acceptors (Lipinski definition) is 6. The maximum Gasteiger partial charge on any atom is 0.337 e. The molecule has 144 valence electrons. The molecule has 0 radical (unpaired) electrons. The smallest absolute Gasteiger partial charge is 0.337 e. The number of nitrogens with one attached hydrogen (secondary N) is 1. The third-order valence-corrected chi connectivity index (χ3v) is 5.24. The lowest BCUT2D eigenvalue weighted by Gasteiger charge is -2.11. The van der Waals surface area contributed by atoms with Gasteiger partial charge in [0.15, 0.2) is 5.16 Å². The molecular weight excluding hydrogens is 378 g/mol. The Bertz CT molecular complexity index is 1120. The van der Waals surface area contributed by atoms with Crippen molar-refractivity contribution in [2.45, 2.75) is 12.1 Å². The molecule has 0 spiro atoms. The van der Waals surface area contributed by atoms with Crippen molar-refractivity contribution in [1.29, 1.82) is 0 Å². The molecule has 0 aliphatic heterocycles. The van der Waals surface area contributed by atoms with Crippen molar-refractivity contribution in [1.82, 2.24) is 9.55 Å². The van der Waals surface area contributed by atoms with Crippen molar-refractivity contribution >= 4 is 40.2 Å². The Morgan fingerprint density at radius 3 is 2.71 bits per heavy atom. The summed E-state index contributed by atoms with van der Waals surface area (Å²) in [6, 6.07) is 12.0. The molecule has 0 saturated heterocycles. The van der Waals surface area contributed by atoms with Gasteiger partial charge in [0.25, 0.3) is 5.56 Å². The largest absolute Gasteiger partial charge is 0.465 e. The number of carbonyl (C=O) groups is 2. The van der Waals surface area contributed by atoms with Gasteiger partial charge in [0.05, 0.1) is 29.3 Å². The molecule has 8 heteroatoms. The molecule has 0 aliphatic carbocycles. The van der Waals surface area contributed by atoms with Gasteiger partial charge in [-0.3, -0.25) is 14.2 Å². The Kier molecular flexibility index (Phi) is 5.79. The molecular formula is C20H19N3O4S. The molecule has 28 heavy (non-hydrogen) atoms. The number of esters is 1. The van der Waals surface area contributed by atoms with E-state index in [1.807, 2.05) is 13.0 Å². The van der Waals surface area contributed by atoms with Crippen molar-refractivity contribution < 1.29 is 14.3 Å². The summed E-state index contributed by atoms with van der Waals surface area (Å²) in [5.74, 6) is -0.668. The maximum atomic E-state index is 12.4. The first-order chi connectivity index (χ1) is 13.4. The minimum atomic E-state index is -0.472. The van der Waals surface area contributed by atoms with Crippen LogP contribution < -0.4 is 10.9 Å². The molecule has 0 bridgehead atoms. The number of nitrogens with zero attached hydrogens (tertiary/aromatic N) is 2. The summed E-state index contributed by atoms with van der Waals surface area (Å²) in [5, 5.41) is 3.78. The summed E-state index contributed by atoms with van der Waals surface area (Å²) in [4.78, 5) is 40.9. The predicted molar refractivity (Wildman–Crippen MR) is 109 cm³/mol. The Morgan fingerprint density at radius 1 is 1.21 bits per heavy atom. The number of rotatable bonds is 5. The van der Waals surface area contributed by atoms with E-state index in [4.69, 9.17) is 4.74 Å². The SMILES string of the molecule is COC(=O)c1ccc(C)c(NC(=O)CSc2nc3ccccc3c(=O)n2C)c1. The molecule has 1 N–H and O–H groups in total. The summed E-state index contributed by atoms with van der Waals surface area (Å²) in [6.45, 7) is 1.83. The molecule has 3 rings (SSSR count). The summed E-state index contributed by atoms with van der Waals surface area (Å²) in [6.07, 6.45) is 0. The van der Waals surface area contributed by atoms with Gasteiger partial charge in [-0.1, -0.05) is 30.0 Å². The molecule has 0 aliphatic rings. The van der Waals surface area contributed by atoms with Gasteiger partial charge in [-0.15, -0.1) is 0 Å². The fraction of sp³-hybridized carbons (Fsp3) is 0.200. The van der Waals surface area contributed by atoms with Gasteiger partial charge in [0.2, 0.25) is 5.91 Å². The lowest BCUT2D eigenvalue weighted by atomic mass is 10.1. The Balaban J connectivity index is 1.75. The molecule has 3 aromatic rings. The van der Waals surface area contributed by atoms with Crippen molar-refractivity contribution in [3.8, 4) is 0 Å². The lowest BCUT2D eigenvalue weighted by molar-refractivity contribution is -0.113. The van der Waals surface area contributed by atoms with Gasteiger partial charge in [-0.2, -0.15) is 0 Å². The van der Waals surface area contributed by atoms with Crippen LogP contribution in [-0.2, 0) is 16.6 Å². The minimum absolute atomic E-state index is 0.0700. The maximum absolute atomic E-state index is 12.4. The molecule has 7 nitrogen and oxygen atoms in total. The average Bonchev–Trinajstić information content (AvgIpc) is 2.70. The summed E-state index contributed by atoms with van der Waals surface area (Å²) in [7, 11) is 2.93. The van der Waals surface area contributed by atoms with E-state index in [2.05, 4.69) is 10.3 Å². The molecule has 0 fully saturated rings. The van der Waals surface area contributed by atoms with Crippen LogP contribution in [-0.4, -0.2) is 34.3 Å². The predicted octanol–water partition coefficient (Wildman–Crippen LogP) is 2.76. The molecule has 0 saturated carbocycles. The van der Waals surface area contributed by atoms with Crippen LogP contribution in [0.2, 0.25) is 0 Å². The molecule has 0 atom stereocenters. The number of thioether (sulfide) groups is 1. The number of hydrogen-bond donors (Lipinski definition) is 1. The van der Waals surface area contributed by atoms with Crippen LogP contribution in [0.5, 0.6) is 0 Å². The van der Waals surface area contributed by atoms with Crippen LogP contribution >= 0.6 is 11.8 Å². The number of para-hydroxylation sites is 1. The van der Waals surface area contributed by atoms with Gasteiger partial charge in [0.1, 0.15) is 0 Å². The number of ether oxygens (including phenoxy) is 1. The number of methoxy groups -OCH3 is 1. The number of amides is 1. The van der Waals surface area contributed by atoms with Gasteiger partial charge in [-0.05, 0) is 36.8 Å². The number of anilines is 1. The number of aryl methyl sites for hydroxylation is 1. The van der Waals surface area contributed by atoms with E-state index in [1.54, 1.807) is 43.4 Å². The fourth-order valence-corrected chi connectivity index (χ4v) is 3.42. The Morgan fingerprint density at radius 2 is 1.96 bits per heavy atom. The van der Waals surface area contributed by atoms with E-state index in [-0.39, 0.29) is 17.2 Å². The highest BCUT2D eigenvalue weighted by Gasteiger charge is 2.13. The summed E-state index contributed by atoms with van der Waals surface area (Å²) in [5.41, 5.74) is 2.15. The van der Waals surface area contributed by atoms with E-state index in [1.165, 1.54) is 23.4 Å². The molecule has 1 amide bonds. The molecule has 1 heterocycles. The van der Waals surface area contributed by atoms with Crippen molar-refractivity contribution in [2.24, 2.45) is 7.05 Å². The first-order valence-corrected chi connectivity index (χ1v) is 9.46. The van der Waals surface area contributed by atoms with Crippen LogP contribution in [0.15, 0.2) is 52.4 Å². The zero-order valence-electron chi connectivity index (χ0n) is 15.7. The third kappa shape index (κ3) is 4.07. The van der Waals surface area contributed by atoms with Crippen LogP contribution in [0.3, 0.4) is 0 Å². The van der Waals surface area contributed by atoms with Crippen molar-refractivity contribution in [2.75, 3.05) is 18.2 Å². The zero-order chi connectivity index (χ0) is 20.3. The summed E-state index contributed by atoms with van der Waals surface area (Å²) < 4.78 is 6.14. The number of carbonyl (C=O) groups excluding carboxylic acids is 2. The lowest BCUT2D eigenvalue weighted by Crippen LogP contribution is -2.21. The van der Waals surface area contributed by atoms with E-state index in [0.717, 1.165) is 5.56 Å². The van der Waals surface area contributed by atoms with E-state index < -0.39 is 5.97 Å². The second-order valence-corrected chi connectivity index (χ2v) is 7.08. The topological polar surface area (TPSA) is 90.3 Å². The second kappa shape index (κ2) is 8.26. The van der Waals surface area contributed by atoms with Crippen molar-refractivity contribution in [3.63, 3.8) is 0 Å².